The lowest BCUT2D eigenvalue weighted by atomic mass is 10.1. The van der Waals surface area contributed by atoms with E-state index >= 15 is 0 Å². The predicted octanol–water partition coefficient (Wildman–Crippen LogP) is 2.71. The Morgan fingerprint density at radius 1 is 1.41 bits per heavy atom. The molecular formula is C13H18ClFN2. The normalized spacial score (nSPS) is 20.5. The Kier molecular flexibility index (Phi) is 4.77. The maximum absolute atomic E-state index is 12.9. The summed E-state index contributed by atoms with van der Waals surface area (Å²) >= 11 is 5.73. The van der Waals surface area contributed by atoms with E-state index in [0.29, 0.717) is 6.04 Å². The highest BCUT2D eigenvalue weighted by molar-refractivity contribution is 6.30. The summed E-state index contributed by atoms with van der Waals surface area (Å²) in [4.78, 5) is 0. The van der Waals surface area contributed by atoms with E-state index < -0.39 is 0 Å². The first-order chi connectivity index (χ1) is 8.25. The molecule has 1 aliphatic heterocycles. The quantitative estimate of drug-likeness (QED) is 0.866. The maximum Gasteiger partial charge on any atom is 0.141 e. The highest BCUT2D eigenvalue weighted by atomic mass is 35.5. The van der Waals surface area contributed by atoms with Crippen molar-refractivity contribution in [2.75, 3.05) is 13.1 Å². The Hall–Kier alpha value is -0.640. The molecule has 1 aromatic rings. The molecule has 0 aliphatic carbocycles. The van der Waals surface area contributed by atoms with Crippen LogP contribution >= 0.6 is 11.6 Å². The fourth-order valence-electron chi connectivity index (χ4n) is 2.14. The van der Waals surface area contributed by atoms with Gasteiger partial charge in [-0.25, -0.2) is 4.39 Å². The third-order valence-corrected chi connectivity index (χ3v) is 3.41. The molecule has 1 heterocycles. The third kappa shape index (κ3) is 3.95. The summed E-state index contributed by atoms with van der Waals surface area (Å²) in [6.45, 7) is 2.81. The maximum atomic E-state index is 12.9. The van der Waals surface area contributed by atoms with Crippen LogP contribution in [0.1, 0.15) is 24.8 Å². The van der Waals surface area contributed by atoms with E-state index in [-0.39, 0.29) is 10.8 Å². The van der Waals surface area contributed by atoms with Crippen LogP contribution in [0.3, 0.4) is 0 Å². The molecule has 94 valence electrons. The molecule has 0 spiro atoms. The molecule has 0 aromatic heterocycles. The van der Waals surface area contributed by atoms with Gasteiger partial charge in [-0.2, -0.15) is 0 Å². The van der Waals surface area contributed by atoms with Gasteiger partial charge in [-0.05, 0) is 37.1 Å². The van der Waals surface area contributed by atoms with Crippen molar-refractivity contribution in [1.29, 1.82) is 0 Å². The Bertz CT molecular complexity index is 364. The first kappa shape index (κ1) is 12.8. The Labute approximate surface area is 107 Å². The van der Waals surface area contributed by atoms with Crippen LogP contribution in [0.4, 0.5) is 4.39 Å². The predicted molar refractivity (Wildman–Crippen MR) is 68.8 cm³/mol. The highest BCUT2D eigenvalue weighted by Crippen LogP contribution is 2.15. The smallest absolute Gasteiger partial charge is 0.141 e. The molecule has 2 N–H and O–H groups in total. The average Bonchev–Trinajstić information content (AvgIpc) is 2.35. The Morgan fingerprint density at radius 3 is 3.00 bits per heavy atom. The largest absolute Gasteiger partial charge is 0.313 e. The number of hydrogen-bond donors (Lipinski definition) is 2. The average molecular weight is 257 g/mol. The van der Waals surface area contributed by atoms with E-state index in [1.54, 1.807) is 12.1 Å². The van der Waals surface area contributed by atoms with Gasteiger partial charge in [0.1, 0.15) is 5.82 Å². The third-order valence-electron chi connectivity index (χ3n) is 3.12. The molecule has 1 unspecified atom stereocenters. The van der Waals surface area contributed by atoms with Crippen LogP contribution in [-0.4, -0.2) is 19.1 Å². The zero-order valence-electron chi connectivity index (χ0n) is 9.81. The van der Waals surface area contributed by atoms with Crippen molar-refractivity contribution in [2.45, 2.75) is 31.8 Å². The molecule has 1 fully saturated rings. The van der Waals surface area contributed by atoms with Crippen molar-refractivity contribution in [2.24, 2.45) is 0 Å². The summed E-state index contributed by atoms with van der Waals surface area (Å²) in [5.41, 5.74) is 1.02. The molecule has 0 amide bonds. The molecule has 4 heteroatoms. The number of benzene rings is 1. The van der Waals surface area contributed by atoms with Gasteiger partial charge in [-0.1, -0.05) is 24.1 Å². The van der Waals surface area contributed by atoms with E-state index in [2.05, 4.69) is 10.6 Å². The minimum atomic E-state index is -0.357. The summed E-state index contributed by atoms with van der Waals surface area (Å²) in [5, 5.41) is 7.05. The van der Waals surface area contributed by atoms with Gasteiger partial charge in [0.15, 0.2) is 0 Å². The van der Waals surface area contributed by atoms with Crippen LogP contribution in [0.2, 0.25) is 5.02 Å². The number of rotatable bonds is 4. The molecule has 1 aromatic carbocycles. The fourth-order valence-corrected chi connectivity index (χ4v) is 2.34. The van der Waals surface area contributed by atoms with Crippen LogP contribution in [-0.2, 0) is 6.54 Å². The molecule has 17 heavy (non-hydrogen) atoms. The zero-order valence-corrected chi connectivity index (χ0v) is 10.6. The summed E-state index contributed by atoms with van der Waals surface area (Å²) < 4.78 is 12.9. The SMILES string of the molecule is Fc1ccc(CNCC2CCCCN2)cc1Cl. The zero-order chi connectivity index (χ0) is 12.1. The molecule has 0 saturated carbocycles. The van der Waals surface area contributed by atoms with E-state index in [9.17, 15) is 4.39 Å². The fraction of sp³-hybridized carbons (Fsp3) is 0.538. The second kappa shape index (κ2) is 6.34. The molecule has 0 radical (unpaired) electrons. The summed E-state index contributed by atoms with van der Waals surface area (Å²) in [7, 11) is 0. The van der Waals surface area contributed by atoms with Crippen LogP contribution in [0, 0.1) is 5.82 Å². The van der Waals surface area contributed by atoms with Crippen LogP contribution in [0.5, 0.6) is 0 Å². The van der Waals surface area contributed by atoms with Gasteiger partial charge >= 0.3 is 0 Å². The monoisotopic (exact) mass is 256 g/mol. The van der Waals surface area contributed by atoms with E-state index in [1.807, 2.05) is 0 Å². The summed E-state index contributed by atoms with van der Waals surface area (Å²) in [6, 6.07) is 5.43. The lowest BCUT2D eigenvalue weighted by molar-refractivity contribution is 0.383. The molecule has 0 bridgehead atoms. The lowest BCUT2D eigenvalue weighted by Gasteiger charge is -2.23. The van der Waals surface area contributed by atoms with Crippen LogP contribution in [0.25, 0.3) is 0 Å². The van der Waals surface area contributed by atoms with Crippen molar-refractivity contribution in [3.63, 3.8) is 0 Å². The number of nitrogens with one attached hydrogen (secondary N) is 2. The van der Waals surface area contributed by atoms with Crippen LogP contribution in [0.15, 0.2) is 18.2 Å². The highest BCUT2D eigenvalue weighted by Gasteiger charge is 2.11. The van der Waals surface area contributed by atoms with Gasteiger partial charge in [-0.15, -0.1) is 0 Å². The molecule has 2 rings (SSSR count). The minimum Gasteiger partial charge on any atom is -0.313 e. The summed E-state index contributed by atoms with van der Waals surface area (Å²) in [5.74, 6) is -0.357. The van der Waals surface area contributed by atoms with Crippen LogP contribution < -0.4 is 10.6 Å². The van der Waals surface area contributed by atoms with Gasteiger partial charge in [-0.3, -0.25) is 0 Å². The van der Waals surface area contributed by atoms with Crippen molar-refractivity contribution < 1.29 is 4.39 Å². The Balaban J connectivity index is 1.75. The number of piperidine rings is 1. The first-order valence-corrected chi connectivity index (χ1v) is 6.51. The molecule has 2 nitrogen and oxygen atoms in total. The number of halogens is 2. The second-order valence-corrected chi connectivity index (χ2v) is 4.93. The van der Waals surface area contributed by atoms with Gasteiger partial charge in [0.05, 0.1) is 5.02 Å². The number of hydrogen-bond acceptors (Lipinski definition) is 2. The molecule has 1 aliphatic rings. The van der Waals surface area contributed by atoms with Gasteiger partial charge in [0, 0.05) is 19.1 Å². The lowest BCUT2D eigenvalue weighted by Crippen LogP contribution is -2.41. The van der Waals surface area contributed by atoms with Crippen molar-refractivity contribution in [1.82, 2.24) is 10.6 Å². The molecule has 1 saturated heterocycles. The summed E-state index contributed by atoms with van der Waals surface area (Å²) in [6.07, 6.45) is 3.82. The van der Waals surface area contributed by atoms with E-state index in [1.165, 1.54) is 25.3 Å². The van der Waals surface area contributed by atoms with Crippen molar-refractivity contribution in [3.8, 4) is 0 Å². The van der Waals surface area contributed by atoms with Gasteiger partial charge in [0.25, 0.3) is 0 Å². The minimum absolute atomic E-state index is 0.195. The van der Waals surface area contributed by atoms with Gasteiger partial charge < -0.3 is 10.6 Å². The topological polar surface area (TPSA) is 24.1 Å². The van der Waals surface area contributed by atoms with Crippen molar-refractivity contribution >= 4 is 11.6 Å². The standard InChI is InChI=1S/C13H18ClFN2/c14-12-7-10(4-5-13(12)15)8-16-9-11-3-1-2-6-17-11/h4-5,7,11,16-17H,1-3,6,8-9H2. The first-order valence-electron chi connectivity index (χ1n) is 6.14. The molecular weight excluding hydrogens is 239 g/mol. The van der Waals surface area contributed by atoms with E-state index in [4.69, 9.17) is 11.6 Å². The molecule has 1 atom stereocenters. The van der Waals surface area contributed by atoms with Crippen molar-refractivity contribution in [3.05, 3.63) is 34.6 Å². The van der Waals surface area contributed by atoms with Gasteiger partial charge in [0.2, 0.25) is 0 Å². The Morgan fingerprint density at radius 2 is 2.29 bits per heavy atom. The van der Waals surface area contributed by atoms with E-state index in [0.717, 1.165) is 25.2 Å². The second-order valence-electron chi connectivity index (χ2n) is 4.53.